The lowest BCUT2D eigenvalue weighted by Gasteiger charge is -2.09. The first kappa shape index (κ1) is 16.4. The van der Waals surface area contributed by atoms with Gasteiger partial charge >= 0.3 is 0 Å². The van der Waals surface area contributed by atoms with Gasteiger partial charge in [-0.1, -0.05) is 12.1 Å². The number of aromatic nitrogens is 2. The van der Waals surface area contributed by atoms with Gasteiger partial charge in [-0.05, 0) is 42.3 Å². The molecule has 6 nitrogen and oxygen atoms in total. The quantitative estimate of drug-likeness (QED) is 0.749. The van der Waals surface area contributed by atoms with Crippen molar-refractivity contribution in [1.82, 2.24) is 9.97 Å². The van der Waals surface area contributed by atoms with E-state index in [2.05, 4.69) is 26.7 Å². The maximum absolute atomic E-state index is 11.1. The van der Waals surface area contributed by atoms with Gasteiger partial charge in [0.05, 0.1) is 17.1 Å². The summed E-state index contributed by atoms with van der Waals surface area (Å²) in [7, 11) is 0. The van der Waals surface area contributed by atoms with Gasteiger partial charge in [0.25, 0.3) is 0 Å². The number of nitrogens with one attached hydrogen (secondary N) is 2. The summed E-state index contributed by atoms with van der Waals surface area (Å²) in [6.45, 7) is 2.16. The molecule has 0 atom stereocenters. The number of rotatable bonds is 5. The highest BCUT2D eigenvalue weighted by Gasteiger charge is 2.05. The van der Waals surface area contributed by atoms with E-state index in [-0.39, 0.29) is 5.91 Å². The minimum atomic E-state index is -0.0870. The Morgan fingerprint density at radius 2 is 2.08 bits per heavy atom. The molecule has 3 rings (SSSR count). The summed E-state index contributed by atoms with van der Waals surface area (Å²) in [5.41, 5.74) is 3.27. The van der Waals surface area contributed by atoms with Crippen LogP contribution in [0.15, 0.2) is 48.8 Å². The molecule has 2 N–H and O–H groups in total. The van der Waals surface area contributed by atoms with Crippen LogP contribution in [-0.2, 0) is 11.2 Å². The van der Waals surface area contributed by atoms with E-state index in [9.17, 15) is 4.79 Å². The summed E-state index contributed by atoms with van der Waals surface area (Å²) in [5.74, 6) is 0.621. The van der Waals surface area contributed by atoms with Gasteiger partial charge in [0.2, 0.25) is 5.91 Å². The zero-order valence-corrected chi connectivity index (χ0v) is 13.8. The molecule has 0 unspecified atom stereocenters. The third-order valence-corrected chi connectivity index (χ3v) is 3.72. The molecule has 3 aromatic rings. The molecular weight excluding hydrogens is 314 g/mol. The molecule has 0 aliphatic heterocycles. The van der Waals surface area contributed by atoms with Crippen molar-refractivity contribution in [2.75, 3.05) is 17.2 Å². The lowest BCUT2D eigenvalue weighted by molar-refractivity contribution is -0.114. The van der Waals surface area contributed by atoms with Crippen molar-refractivity contribution < 1.29 is 4.79 Å². The second-order valence-electron chi connectivity index (χ2n) is 5.62. The zero-order valence-electron chi connectivity index (χ0n) is 13.8. The second kappa shape index (κ2) is 7.41. The highest BCUT2D eigenvalue weighted by Crippen LogP contribution is 2.20. The van der Waals surface area contributed by atoms with Crippen molar-refractivity contribution >= 4 is 28.3 Å². The number of benzene rings is 2. The van der Waals surface area contributed by atoms with Gasteiger partial charge in [-0.15, -0.1) is 0 Å². The van der Waals surface area contributed by atoms with E-state index in [1.54, 1.807) is 12.1 Å². The molecule has 1 heterocycles. The number of carbonyl (C=O) groups excluding carboxylic acids is 1. The van der Waals surface area contributed by atoms with E-state index in [1.165, 1.54) is 13.3 Å². The molecule has 25 heavy (non-hydrogen) atoms. The number of fused-ring (bicyclic) bond motifs is 1. The van der Waals surface area contributed by atoms with Crippen LogP contribution < -0.4 is 10.6 Å². The Labute approximate surface area is 145 Å². The minimum Gasteiger partial charge on any atom is -0.369 e. The summed E-state index contributed by atoms with van der Waals surface area (Å²) in [5, 5.41) is 16.0. The molecule has 124 valence electrons. The number of anilines is 2. The largest absolute Gasteiger partial charge is 0.369 e. The first-order chi connectivity index (χ1) is 12.2. The Morgan fingerprint density at radius 3 is 2.88 bits per heavy atom. The topological polar surface area (TPSA) is 90.7 Å². The molecule has 0 fully saturated rings. The Morgan fingerprint density at radius 1 is 1.20 bits per heavy atom. The van der Waals surface area contributed by atoms with Crippen LogP contribution in [0.2, 0.25) is 0 Å². The monoisotopic (exact) mass is 331 g/mol. The highest BCUT2D eigenvalue weighted by molar-refractivity contribution is 5.90. The molecule has 1 amide bonds. The lowest BCUT2D eigenvalue weighted by Crippen LogP contribution is -2.08. The van der Waals surface area contributed by atoms with Crippen LogP contribution in [0, 0.1) is 11.3 Å². The average Bonchev–Trinajstić information content (AvgIpc) is 2.61. The summed E-state index contributed by atoms with van der Waals surface area (Å²) in [4.78, 5) is 19.6. The van der Waals surface area contributed by atoms with E-state index < -0.39 is 0 Å². The standard InChI is InChI=1S/C19H17N5O/c1-13(25)24-16-4-2-3-14(9-16)7-8-21-19-17-10-15(11-20)5-6-18(17)22-12-23-19/h2-6,9-10,12H,7-8H2,1H3,(H,24,25)(H,21,22,23). The second-order valence-corrected chi connectivity index (χ2v) is 5.62. The van der Waals surface area contributed by atoms with Crippen LogP contribution in [-0.4, -0.2) is 22.4 Å². The molecule has 2 aromatic carbocycles. The number of nitrogens with zero attached hydrogens (tertiary/aromatic N) is 3. The van der Waals surface area contributed by atoms with Gasteiger partial charge in [0, 0.05) is 24.5 Å². The molecule has 0 saturated carbocycles. The third kappa shape index (κ3) is 4.09. The van der Waals surface area contributed by atoms with Crippen molar-refractivity contribution in [2.45, 2.75) is 13.3 Å². The smallest absolute Gasteiger partial charge is 0.221 e. The predicted octanol–water partition coefficient (Wildman–Crippen LogP) is 3.11. The Hall–Kier alpha value is -3.46. The summed E-state index contributed by atoms with van der Waals surface area (Å²) < 4.78 is 0. The maximum Gasteiger partial charge on any atom is 0.221 e. The van der Waals surface area contributed by atoms with E-state index in [4.69, 9.17) is 5.26 Å². The fourth-order valence-electron chi connectivity index (χ4n) is 2.60. The number of amides is 1. The summed E-state index contributed by atoms with van der Waals surface area (Å²) >= 11 is 0. The molecular formula is C19H17N5O. The van der Waals surface area contributed by atoms with Crippen molar-refractivity contribution in [1.29, 1.82) is 5.26 Å². The predicted molar refractivity (Wildman–Crippen MR) is 97.2 cm³/mol. The number of hydrogen-bond acceptors (Lipinski definition) is 5. The van der Waals surface area contributed by atoms with Crippen LogP contribution in [0.25, 0.3) is 10.9 Å². The van der Waals surface area contributed by atoms with Crippen molar-refractivity contribution in [3.05, 3.63) is 59.9 Å². The average molecular weight is 331 g/mol. The summed E-state index contributed by atoms with van der Waals surface area (Å²) in [6, 6.07) is 15.2. The summed E-state index contributed by atoms with van der Waals surface area (Å²) in [6.07, 6.45) is 2.28. The van der Waals surface area contributed by atoms with Gasteiger partial charge in [0.1, 0.15) is 12.1 Å². The highest BCUT2D eigenvalue weighted by atomic mass is 16.1. The Balaban J connectivity index is 1.71. The first-order valence-corrected chi connectivity index (χ1v) is 7.91. The van der Waals surface area contributed by atoms with Gasteiger partial charge in [0.15, 0.2) is 0 Å². The van der Waals surface area contributed by atoms with Gasteiger partial charge in [-0.25, -0.2) is 9.97 Å². The molecule has 0 radical (unpaired) electrons. The lowest BCUT2D eigenvalue weighted by atomic mass is 10.1. The number of hydrogen-bond donors (Lipinski definition) is 2. The first-order valence-electron chi connectivity index (χ1n) is 7.91. The van der Waals surface area contributed by atoms with E-state index >= 15 is 0 Å². The van der Waals surface area contributed by atoms with Gasteiger partial charge in [-0.3, -0.25) is 4.79 Å². The minimum absolute atomic E-state index is 0.0870. The van der Waals surface area contributed by atoms with Crippen LogP contribution in [0.1, 0.15) is 18.1 Å². The molecule has 0 aliphatic carbocycles. The molecule has 0 saturated heterocycles. The van der Waals surface area contributed by atoms with Crippen LogP contribution in [0.5, 0.6) is 0 Å². The Bertz CT molecular complexity index is 961. The molecule has 1 aromatic heterocycles. The van der Waals surface area contributed by atoms with Crippen molar-refractivity contribution in [3.63, 3.8) is 0 Å². The van der Waals surface area contributed by atoms with Crippen molar-refractivity contribution in [2.24, 2.45) is 0 Å². The van der Waals surface area contributed by atoms with Crippen LogP contribution in [0.4, 0.5) is 11.5 Å². The molecule has 0 spiro atoms. The fourth-order valence-corrected chi connectivity index (χ4v) is 2.60. The van der Waals surface area contributed by atoms with Gasteiger partial charge in [-0.2, -0.15) is 5.26 Å². The molecule has 0 aliphatic rings. The normalized spacial score (nSPS) is 10.2. The van der Waals surface area contributed by atoms with Crippen molar-refractivity contribution in [3.8, 4) is 6.07 Å². The Kier molecular flexibility index (Phi) is 4.86. The molecule has 6 heteroatoms. The SMILES string of the molecule is CC(=O)Nc1cccc(CCNc2ncnc3ccc(C#N)cc23)c1. The van der Waals surface area contributed by atoms with Crippen LogP contribution >= 0.6 is 0 Å². The van der Waals surface area contributed by atoms with Crippen LogP contribution in [0.3, 0.4) is 0 Å². The maximum atomic E-state index is 11.1. The third-order valence-electron chi connectivity index (χ3n) is 3.72. The number of carbonyl (C=O) groups is 1. The fraction of sp³-hybridized carbons (Fsp3) is 0.158. The molecule has 0 bridgehead atoms. The zero-order chi connectivity index (χ0) is 17.6. The number of nitriles is 1. The van der Waals surface area contributed by atoms with Gasteiger partial charge < -0.3 is 10.6 Å². The van der Waals surface area contributed by atoms with E-state index in [0.717, 1.165) is 28.6 Å². The van der Waals surface area contributed by atoms with E-state index in [0.29, 0.717) is 17.9 Å². The van der Waals surface area contributed by atoms with E-state index in [1.807, 2.05) is 30.3 Å².